The molecule has 0 unspecified atom stereocenters. The third-order valence-electron chi connectivity index (χ3n) is 6.95. The Kier molecular flexibility index (Phi) is 10.4. The van der Waals surface area contributed by atoms with Gasteiger partial charge < -0.3 is 20.5 Å². The molecule has 3 N–H and O–H groups in total. The van der Waals surface area contributed by atoms with E-state index >= 15 is 0 Å². The first kappa shape index (κ1) is 28.6. The zero-order valence-electron chi connectivity index (χ0n) is 21.7. The van der Waals surface area contributed by atoms with Crippen molar-refractivity contribution >= 4 is 40.6 Å². The molecule has 3 aromatic rings. The van der Waals surface area contributed by atoms with E-state index < -0.39 is 18.1 Å². The van der Waals surface area contributed by atoms with Gasteiger partial charge in [-0.2, -0.15) is 0 Å². The van der Waals surface area contributed by atoms with Crippen molar-refractivity contribution in [1.29, 1.82) is 0 Å². The monoisotopic (exact) mass is 640 g/mol. The van der Waals surface area contributed by atoms with Crippen LogP contribution in [-0.2, 0) is 20.7 Å². The Balaban J connectivity index is 1.13. The summed E-state index contributed by atoms with van der Waals surface area (Å²) in [5.41, 5.74) is 5.81. The summed E-state index contributed by atoms with van der Waals surface area (Å²) in [6, 6.07) is 23.5. The van der Waals surface area contributed by atoms with Crippen molar-refractivity contribution in [3.63, 3.8) is 0 Å². The number of ether oxygens (including phenoxy) is 1. The number of aliphatic carboxylic acids is 1. The minimum Gasteiger partial charge on any atom is -0.480 e. The van der Waals surface area contributed by atoms with Crippen molar-refractivity contribution in [2.75, 3.05) is 13.2 Å². The standard InChI is InChI=1S/C31H33IN2O5/c32-22-17-15-21(16-18-22)8-7-14-29(35)34-28(30(36)37)13-5-6-19-33-31(38)39-20-27-25-11-3-1-9-23(25)24-10-2-4-12-26(24)27/h1-4,9-12,15-18,27-28H,5-8,13-14,19-20H2,(H,33,38)(H,34,35)(H,36,37)/t28-/m0/s1. The zero-order chi connectivity index (χ0) is 27.6. The van der Waals surface area contributed by atoms with E-state index in [0.717, 1.165) is 26.7 Å². The number of unbranched alkanes of at least 4 members (excludes halogenated alkanes) is 1. The van der Waals surface area contributed by atoms with Gasteiger partial charge in [0.2, 0.25) is 5.91 Å². The lowest BCUT2D eigenvalue weighted by molar-refractivity contribution is -0.142. The van der Waals surface area contributed by atoms with Crippen LogP contribution in [-0.4, -0.2) is 42.3 Å². The quantitative estimate of drug-likeness (QED) is 0.160. The third kappa shape index (κ3) is 8.05. The molecule has 1 aliphatic rings. The van der Waals surface area contributed by atoms with E-state index in [9.17, 15) is 19.5 Å². The maximum Gasteiger partial charge on any atom is 0.407 e. The third-order valence-corrected chi connectivity index (χ3v) is 7.67. The normalized spacial score (nSPS) is 12.7. The molecule has 0 heterocycles. The van der Waals surface area contributed by atoms with Gasteiger partial charge in [0.25, 0.3) is 0 Å². The van der Waals surface area contributed by atoms with E-state index in [4.69, 9.17) is 4.74 Å². The molecule has 39 heavy (non-hydrogen) atoms. The highest BCUT2D eigenvalue weighted by Crippen LogP contribution is 2.44. The number of rotatable bonds is 13. The van der Waals surface area contributed by atoms with E-state index in [1.807, 2.05) is 48.5 Å². The number of alkyl carbamates (subject to hydrolysis) is 1. The molecule has 8 heteroatoms. The highest BCUT2D eigenvalue weighted by Gasteiger charge is 2.29. The molecule has 0 saturated heterocycles. The van der Waals surface area contributed by atoms with Gasteiger partial charge in [0.15, 0.2) is 0 Å². The van der Waals surface area contributed by atoms with Crippen LogP contribution in [0.4, 0.5) is 4.79 Å². The maximum absolute atomic E-state index is 12.3. The Labute approximate surface area is 242 Å². The molecular weight excluding hydrogens is 607 g/mol. The van der Waals surface area contributed by atoms with Crippen LogP contribution in [0.15, 0.2) is 72.8 Å². The zero-order valence-corrected chi connectivity index (χ0v) is 23.9. The highest BCUT2D eigenvalue weighted by atomic mass is 127. The number of fused-ring (bicyclic) bond motifs is 3. The van der Waals surface area contributed by atoms with Gasteiger partial charge in [0, 0.05) is 22.5 Å². The van der Waals surface area contributed by atoms with Crippen LogP contribution in [0.2, 0.25) is 0 Å². The Morgan fingerprint density at radius 1 is 0.872 bits per heavy atom. The van der Waals surface area contributed by atoms with Gasteiger partial charge in [0.1, 0.15) is 12.6 Å². The molecule has 0 aromatic heterocycles. The van der Waals surface area contributed by atoms with Crippen molar-refractivity contribution in [3.8, 4) is 11.1 Å². The number of hydrogen-bond donors (Lipinski definition) is 3. The minimum atomic E-state index is -1.05. The number of benzene rings is 3. The molecule has 7 nitrogen and oxygen atoms in total. The first-order valence-corrected chi connectivity index (χ1v) is 14.4. The fraction of sp³-hybridized carbons (Fsp3) is 0.323. The Hall–Kier alpha value is -3.40. The van der Waals surface area contributed by atoms with E-state index in [1.54, 1.807) is 0 Å². The summed E-state index contributed by atoms with van der Waals surface area (Å²) < 4.78 is 6.69. The number of carbonyl (C=O) groups excluding carboxylic acids is 2. The number of nitrogens with one attached hydrogen (secondary N) is 2. The van der Waals surface area contributed by atoms with Crippen molar-refractivity contribution < 1.29 is 24.2 Å². The van der Waals surface area contributed by atoms with Crippen LogP contribution in [0.1, 0.15) is 54.7 Å². The fourth-order valence-corrected chi connectivity index (χ4v) is 5.30. The molecule has 1 atom stereocenters. The van der Waals surface area contributed by atoms with E-state index in [1.165, 1.54) is 11.1 Å². The van der Waals surface area contributed by atoms with Crippen LogP contribution in [0, 0.1) is 3.57 Å². The molecule has 1 aliphatic carbocycles. The smallest absolute Gasteiger partial charge is 0.407 e. The van der Waals surface area contributed by atoms with Crippen molar-refractivity contribution in [1.82, 2.24) is 10.6 Å². The lowest BCUT2D eigenvalue weighted by Crippen LogP contribution is -2.40. The first-order chi connectivity index (χ1) is 18.9. The largest absolute Gasteiger partial charge is 0.480 e. The summed E-state index contributed by atoms with van der Waals surface area (Å²) in [4.78, 5) is 36.2. The molecular formula is C31H33IN2O5. The van der Waals surface area contributed by atoms with Crippen LogP contribution < -0.4 is 10.6 Å². The molecule has 0 radical (unpaired) electrons. The number of halogens is 1. The minimum absolute atomic E-state index is 0.000322. The van der Waals surface area contributed by atoms with Gasteiger partial charge >= 0.3 is 12.1 Å². The number of carboxylic acid groups (broad SMARTS) is 1. The Bertz CT molecular complexity index is 1250. The van der Waals surface area contributed by atoms with Crippen LogP contribution >= 0.6 is 22.6 Å². The second-order valence-electron chi connectivity index (χ2n) is 9.69. The number of amides is 2. The van der Waals surface area contributed by atoms with Gasteiger partial charge in [0.05, 0.1) is 0 Å². The average Bonchev–Trinajstić information content (AvgIpc) is 3.25. The lowest BCUT2D eigenvalue weighted by atomic mass is 9.98. The van der Waals surface area contributed by atoms with Crippen molar-refractivity contribution in [2.24, 2.45) is 0 Å². The van der Waals surface area contributed by atoms with E-state index in [-0.39, 0.29) is 24.9 Å². The molecule has 0 aliphatic heterocycles. The fourth-order valence-electron chi connectivity index (χ4n) is 4.94. The molecule has 0 bridgehead atoms. The summed E-state index contributed by atoms with van der Waals surface area (Å²) >= 11 is 2.25. The maximum atomic E-state index is 12.3. The number of aryl methyl sites for hydroxylation is 1. The van der Waals surface area contributed by atoms with Crippen LogP contribution in [0.25, 0.3) is 11.1 Å². The van der Waals surface area contributed by atoms with E-state index in [0.29, 0.717) is 32.2 Å². The number of hydrogen-bond acceptors (Lipinski definition) is 4. The molecule has 2 amide bonds. The average molecular weight is 641 g/mol. The molecule has 4 rings (SSSR count). The molecule has 0 spiro atoms. The van der Waals surface area contributed by atoms with Gasteiger partial charge in [-0.25, -0.2) is 9.59 Å². The summed E-state index contributed by atoms with van der Waals surface area (Å²) in [7, 11) is 0. The first-order valence-electron chi connectivity index (χ1n) is 13.3. The van der Waals surface area contributed by atoms with Crippen LogP contribution in [0.3, 0.4) is 0 Å². The van der Waals surface area contributed by atoms with Gasteiger partial charge in [-0.05, 0) is 94.6 Å². The second-order valence-corrected chi connectivity index (χ2v) is 10.9. The topological polar surface area (TPSA) is 105 Å². The molecule has 0 saturated carbocycles. The SMILES string of the molecule is O=C(CCCc1ccc(I)cc1)N[C@@H](CCCCNC(=O)OCC1c2ccccc2-c2ccccc21)C(=O)O. The van der Waals surface area contributed by atoms with Gasteiger partial charge in [-0.1, -0.05) is 60.7 Å². The second kappa shape index (κ2) is 14.1. The van der Waals surface area contributed by atoms with Crippen LogP contribution in [0.5, 0.6) is 0 Å². The Morgan fingerprint density at radius 3 is 2.15 bits per heavy atom. The highest BCUT2D eigenvalue weighted by molar-refractivity contribution is 14.1. The predicted octanol–water partition coefficient (Wildman–Crippen LogP) is 5.89. The summed E-state index contributed by atoms with van der Waals surface area (Å²) in [5, 5.41) is 14.9. The van der Waals surface area contributed by atoms with E-state index in [2.05, 4.69) is 57.5 Å². The van der Waals surface area contributed by atoms with Crippen molar-refractivity contribution in [3.05, 3.63) is 93.1 Å². The summed E-state index contributed by atoms with van der Waals surface area (Å²) in [5.74, 6) is -1.31. The number of carboxylic acids is 1. The van der Waals surface area contributed by atoms with Gasteiger partial charge in [-0.3, -0.25) is 4.79 Å². The molecule has 3 aromatic carbocycles. The summed E-state index contributed by atoms with van der Waals surface area (Å²) in [6.45, 7) is 0.615. The lowest BCUT2D eigenvalue weighted by Gasteiger charge is -2.15. The molecule has 204 valence electrons. The summed E-state index contributed by atoms with van der Waals surface area (Å²) in [6.07, 6.45) is 2.63. The predicted molar refractivity (Wildman–Crippen MR) is 159 cm³/mol. The van der Waals surface area contributed by atoms with Gasteiger partial charge in [-0.15, -0.1) is 0 Å². The Morgan fingerprint density at radius 2 is 1.51 bits per heavy atom. The van der Waals surface area contributed by atoms with Crippen molar-refractivity contribution in [2.45, 2.75) is 50.5 Å². The molecule has 0 fully saturated rings. The number of carbonyl (C=O) groups is 3.